The van der Waals surface area contributed by atoms with Crippen LogP contribution in [0.5, 0.6) is 0 Å². The van der Waals surface area contributed by atoms with Crippen LogP contribution in [0.25, 0.3) is 0 Å². The molecule has 0 aromatic rings. The molecule has 0 aliphatic rings. The molecule has 0 bridgehead atoms. The van der Waals surface area contributed by atoms with Gasteiger partial charge < -0.3 is 15.5 Å². The lowest BCUT2D eigenvalue weighted by atomic mass is 10.3. The Morgan fingerprint density at radius 3 is 1.91 bits per heavy atom. The molecule has 70 valence electrons. The van der Waals surface area contributed by atoms with E-state index in [4.69, 9.17) is 10.2 Å². The molecule has 11 heavy (non-hydrogen) atoms. The predicted octanol–water partition coefficient (Wildman–Crippen LogP) is 0.365. The molecule has 0 amide bonds. The van der Waals surface area contributed by atoms with E-state index in [1.807, 2.05) is 20.9 Å². The zero-order valence-electron chi connectivity index (χ0n) is 7.80. The van der Waals surface area contributed by atoms with E-state index in [2.05, 4.69) is 5.32 Å². The van der Waals surface area contributed by atoms with Crippen molar-refractivity contribution in [3.05, 3.63) is 0 Å². The van der Waals surface area contributed by atoms with Crippen molar-refractivity contribution in [3.63, 3.8) is 0 Å². The average molecular weight is 163 g/mol. The third-order valence-electron chi connectivity index (χ3n) is 1.13. The number of likely N-dealkylation sites (N-methyl/N-ethyl adjacent to an activating group) is 1. The molecule has 0 aromatic carbocycles. The lowest BCUT2D eigenvalue weighted by Crippen LogP contribution is -2.22. The number of nitrogens with one attached hydrogen (secondary N) is 1. The molecule has 3 N–H and O–H groups in total. The number of hydrogen-bond donors (Lipinski definition) is 3. The largest absolute Gasteiger partial charge is 0.396 e. The maximum absolute atomic E-state index is 8.80. The van der Waals surface area contributed by atoms with Crippen LogP contribution < -0.4 is 5.32 Å². The fourth-order valence-electron chi connectivity index (χ4n) is 0.380. The van der Waals surface area contributed by atoms with Crippen LogP contribution >= 0.6 is 0 Å². The highest BCUT2D eigenvalue weighted by Gasteiger charge is 1.93. The normalized spacial score (nSPS) is 11.7. The number of rotatable bonds is 4. The van der Waals surface area contributed by atoms with Crippen LogP contribution in [0.3, 0.4) is 0 Å². The molecule has 1 atom stereocenters. The van der Waals surface area contributed by atoms with E-state index in [1.165, 1.54) is 0 Å². The van der Waals surface area contributed by atoms with E-state index in [-0.39, 0.29) is 6.10 Å². The fraction of sp³-hybridized carbons (Fsp3) is 1.00. The second kappa shape index (κ2) is 12.5. The third-order valence-corrected chi connectivity index (χ3v) is 1.13. The molecule has 0 heterocycles. The van der Waals surface area contributed by atoms with E-state index in [1.54, 1.807) is 0 Å². The number of aliphatic hydroxyl groups excluding tert-OH is 2. The highest BCUT2D eigenvalue weighted by atomic mass is 16.3. The summed E-state index contributed by atoms with van der Waals surface area (Å²) in [6.45, 7) is 4.92. The minimum Gasteiger partial charge on any atom is -0.396 e. The van der Waals surface area contributed by atoms with Gasteiger partial charge in [-0.15, -0.1) is 0 Å². The third kappa shape index (κ3) is 17.7. The summed E-state index contributed by atoms with van der Waals surface area (Å²) in [4.78, 5) is 0. The van der Waals surface area contributed by atoms with Gasteiger partial charge in [0.2, 0.25) is 0 Å². The van der Waals surface area contributed by atoms with E-state index in [0.29, 0.717) is 13.2 Å². The number of aliphatic hydroxyl groups is 2. The summed E-state index contributed by atoms with van der Waals surface area (Å²) in [5, 5.41) is 19.5. The molecule has 1 unspecified atom stereocenters. The zero-order valence-corrected chi connectivity index (χ0v) is 7.80. The highest BCUT2D eigenvalue weighted by molar-refractivity contribution is 4.51. The van der Waals surface area contributed by atoms with Crippen molar-refractivity contribution in [3.8, 4) is 0 Å². The predicted molar refractivity (Wildman–Crippen MR) is 47.6 cm³/mol. The van der Waals surface area contributed by atoms with Gasteiger partial charge in [-0.05, 0) is 19.9 Å². The van der Waals surface area contributed by atoms with Gasteiger partial charge in [0.05, 0.1) is 6.10 Å². The molecule has 0 radical (unpaired) electrons. The fourth-order valence-corrected chi connectivity index (χ4v) is 0.380. The van der Waals surface area contributed by atoms with Gasteiger partial charge in [0.1, 0.15) is 0 Å². The summed E-state index contributed by atoms with van der Waals surface area (Å²) in [5.74, 6) is 0. The SMILES string of the molecule is CCC(O)CNC.CCCO. The Morgan fingerprint density at radius 2 is 1.82 bits per heavy atom. The van der Waals surface area contributed by atoms with Gasteiger partial charge in [-0.25, -0.2) is 0 Å². The number of hydrogen-bond acceptors (Lipinski definition) is 3. The topological polar surface area (TPSA) is 52.5 Å². The monoisotopic (exact) mass is 163 g/mol. The van der Waals surface area contributed by atoms with Gasteiger partial charge in [0, 0.05) is 13.2 Å². The van der Waals surface area contributed by atoms with Crippen LogP contribution in [0, 0.1) is 0 Å². The van der Waals surface area contributed by atoms with Crippen molar-refractivity contribution in [2.75, 3.05) is 20.2 Å². The first-order valence-electron chi connectivity index (χ1n) is 4.16. The Kier molecular flexibility index (Phi) is 15.4. The average Bonchev–Trinajstić information content (AvgIpc) is 2.05. The molecule has 0 saturated heterocycles. The lowest BCUT2D eigenvalue weighted by molar-refractivity contribution is 0.170. The Morgan fingerprint density at radius 1 is 1.36 bits per heavy atom. The van der Waals surface area contributed by atoms with E-state index in [9.17, 15) is 0 Å². The molecule has 0 spiro atoms. The zero-order chi connectivity index (χ0) is 9.11. The minimum atomic E-state index is -0.162. The second-order valence-corrected chi connectivity index (χ2v) is 2.34. The smallest absolute Gasteiger partial charge is 0.0661 e. The summed E-state index contributed by atoms with van der Waals surface area (Å²) in [5.41, 5.74) is 0. The van der Waals surface area contributed by atoms with Crippen LogP contribution in [-0.4, -0.2) is 36.5 Å². The van der Waals surface area contributed by atoms with Crippen LogP contribution in [0.1, 0.15) is 26.7 Å². The summed E-state index contributed by atoms with van der Waals surface area (Å²) in [7, 11) is 1.83. The Bertz CT molecular complexity index is 58.1. The molecular weight excluding hydrogens is 142 g/mol. The maximum atomic E-state index is 8.80. The minimum absolute atomic E-state index is 0.162. The van der Waals surface area contributed by atoms with Crippen molar-refractivity contribution in [2.45, 2.75) is 32.8 Å². The van der Waals surface area contributed by atoms with Crippen molar-refractivity contribution >= 4 is 0 Å². The first kappa shape index (κ1) is 13.5. The van der Waals surface area contributed by atoms with Gasteiger partial charge in [-0.3, -0.25) is 0 Å². The van der Waals surface area contributed by atoms with Crippen LogP contribution in [0.4, 0.5) is 0 Å². The van der Waals surface area contributed by atoms with Crippen LogP contribution in [0.2, 0.25) is 0 Å². The van der Waals surface area contributed by atoms with E-state index >= 15 is 0 Å². The summed E-state index contributed by atoms with van der Waals surface area (Å²) in [6.07, 6.45) is 1.55. The second-order valence-electron chi connectivity index (χ2n) is 2.34. The Labute approximate surface area is 69.4 Å². The quantitative estimate of drug-likeness (QED) is 0.561. The summed E-state index contributed by atoms with van der Waals surface area (Å²) in [6, 6.07) is 0. The van der Waals surface area contributed by atoms with Crippen LogP contribution in [0.15, 0.2) is 0 Å². The highest BCUT2D eigenvalue weighted by Crippen LogP contribution is 1.83. The maximum Gasteiger partial charge on any atom is 0.0661 e. The molecule has 0 aliphatic carbocycles. The molecular formula is C8H21NO2. The standard InChI is InChI=1S/C5H13NO.C3H8O/c1-3-5(7)4-6-2;1-2-3-4/h5-7H,3-4H2,1-2H3;4H,2-3H2,1H3. The molecule has 3 nitrogen and oxygen atoms in total. The molecule has 3 heteroatoms. The molecule has 0 rings (SSSR count). The van der Waals surface area contributed by atoms with Gasteiger partial charge in [0.25, 0.3) is 0 Å². The molecule has 0 saturated carbocycles. The van der Waals surface area contributed by atoms with Gasteiger partial charge >= 0.3 is 0 Å². The summed E-state index contributed by atoms with van der Waals surface area (Å²) < 4.78 is 0. The Balaban J connectivity index is 0. The van der Waals surface area contributed by atoms with Gasteiger partial charge in [-0.2, -0.15) is 0 Å². The molecule has 0 aromatic heterocycles. The van der Waals surface area contributed by atoms with Crippen molar-refractivity contribution in [2.24, 2.45) is 0 Å². The first-order chi connectivity index (χ1) is 5.22. The van der Waals surface area contributed by atoms with E-state index < -0.39 is 0 Å². The molecule has 0 aliphatic heterocycles. The van der Waals surface area contributed by atoms with Gasteiger partial charge in [0.15, 0.2) is 0 Å². The van der Waals surface area contributed by atoms with Crippen molar-refractivity contribution < 1.29 is 10.2 Å². The van der Waals surface area contributed by atoms with E-state index in [0.717, 1.165) is 12.8 Å². The summed E-state index contributed by atoms with van der Waals surface area (Å²) >= 11 is 0. The molecule has 0 fully saturated rings. The van der Waals surface area contributed by atoms with Crippen LogP contribution in [-0.2, 0) is 0 Å². The lowest BCUT2D eigenvalue weighted by Gasteiger charge is -2.03. The first-order valence-corrected chi connectivity index (χ1v) is 4.16. The van der Waals surface area contributed by atoms with Crippen molar-refractivity contribution in [1.82, 2.24) is 5.32 Å². The van der Waals surface area contributed by atoms with Gasteiger partial charge in [-0.1, -0.05) is 13.8 Å². The Hall–Kier alpha value is -0.120. The van der Waals surface area contributed by atoms with Crippen molar-refractivity contribution in [1.29, 1.82) is 0 Å².